The zero-order valence-corrected chi connectivity index (χ0v) is 9.96. The molecule has 1 amide bonds. The van der Waals surface area contributed by atoms with Gasteiger partial charge >= 0.3 is 0 Å². The molecule has 0 bridgehead atoms. The van der Waals surface area contributed by atoms with Crippen molar-refractivity contribution in [2.75, 3.05) is 13.1 Å². The smallest absolute Gasteiger partial charge is 0.256 e. The molecule has 2 unspecified atom stereocenters. The van der Waals surface area contributed by atoms with E-state index in [1.807, 2.05) is 0 Å². The van der Waals surface area contributed by atoms with Gasteiger partial charge in [0.15, 0.2) is 0 Å². The maximum Gasteiger partial charge on any atom is 0.256 e. The average Bonchev–Trinajstić information content (AvgIpc) is 2.59. The lowest BCUT2D eigenvalue weighted by Crippen LogP contribution is -2.30. The van der Waals surface area contributed by atoms with Crippen molar-refractivity contribution < 1.29 is 15.0 Å². The molecule has 16 heavy (non-hydrogen) atoms. The van der Waals surface area contributed by atoms with E-state index in [1.165, 1.54) is 4.90 Å². The first-order chi connectivity index (χ1) is 7.59. The van der Waals surface area contributed by atoms with Gasteiger partial charge < -0.3 is 15.1 Å². The average molecular weight is 287 g/mol. The number of likely N-dealkylation sites (tertiary alicyclic amines) is 1. The van der Waals surface area contributed by atoms with E-state index in [0.717, 1.165) is 0 Å². The number of aromatic nitrogens is 1. The van der Waals surface area contributed by atoms with Crippen LogP contribution in [0.25, 0.3) is 0 Å². The highest BCUT2D eigenvalue weighted by Crippen LogP contribution is 2.18. The molecule has 0 saturated carbocycles. The number of aliphatic hydroxyl groups excluding tert-OH is 2. The Bertz CT molecular complexity index is 403. The number of hydrogen-bond donors (Lipinski definition) is 2. The van der Waals surface area contributed by atoms with Crippen LogP contribution in [0, 0.1) is 0 Å². The van der Waals surface area contributed by atoms with E-state index in [2.05, 4.69) is 20.9 Å². The lowest BCUT2D eigenvalue weighted by molar-refractivity contribution is 0.0572. The Morgan fingerprint density at radius 2 is 2.06 bits per heavy atom. The van der Waals surface area contributed by atoms with Gasteiger partial charge in [-0.15, -0.1) is 0 Å². The topological polar surface area (TPSA) is 73.7 Å². The third-order valence-electron chi connectivity index (χ3n) is 2.54. The van der Waals surface area contributed by atoms with Crippen molar-refractivity contribution in [1.82, 2.24) is 9.88 Å². The summed E-state index contributed by atoms with van der Waals surface area (Å²) in [5.41, 5.74) is 0.434. The molecule has 1 fully saturated rings. The first-order valence-corrected chi connectivity index (χ1v) is 5.65. The van der Waals surface area contributed by atoms with E-state index in [9.17, 15) is 15.0 Å². The highest BCUT2D eigenvalue weighted by molar-refractivity contribution is 9.10. The first kappa shape index (κ1) is 11.5. The number of β-amino-alcohol motifs (C(OH)–C–C–N with tert-alkyl or cyclic N) is 2. The van der Waals surface area contributed by atoms with Gasteiger partial charge in [0.2, 0.25) is 0 Å². The molecule has 1 aliphatic rings. The zero-order chi connectivity index (χ0) is 11.7. The number of pyridine rings is 1. The normalized spacial score (nSPS) is 24.8. The van der Waals surface area contributed by atoms with Gasteiger partial charge in [-0.25, -0.2) is 4.98 Å². The lowest BCUT2D eigenvalue weighted by Gasteiger charge is -2.15. The van der Waals surface area contributed by atoms with Crippen LogP contribution in [0.1, 0.15) is 10.4 Å². The number of amides is 1. The fourth-order valence-corrected chi connectivity index (χ4v) is 2.07. The fraction of sp³-hybridized carbons (Fsp3) is 0.400. The third-order valence-corrected chi connectivity index (χ3v) is 3.17. The lowest BCUT2D eigenvalue weighted by atomic mass is 10.2. The number of carbonyl (C=O) groups is 1. The van der Waals surface area contributed by atoms with Crippen molar-refractivity contribution in [3.05, 3.63) is 28.5 Å². The molecular weight excluding hydrogens is 276 g/mol. The molecule has 2 heterocycles. The van der Waals surface area contributed by atoms with Gasteiger partial charge in [-0.2, -0.15) is 0 Å². The van der Waals surface area contributed by atoms with Crippen LogP contribution in [-0.4, -0.2) is 51.3 Å². The second-order valence-electron chi connectivity index (χ2n) is 3.69. The summed E-state index contributed by atoms with van der Waals surface area (Å²) < 4.78 is 0.468. The molecule has 1 aromatic rings. The SMILES string of the molecule is O=C(c1cccnc1Br)N1CC(O)C(O)C1. The van der Waals surface area contributed by atoms with Crippen LogP contribution in [0.3, 0.4) is 0 Å². The Hall–Kier alpha value is -0.980. The van der Waals surface area contributed by atoms with Crippen molar-refractivity contribution in [1.29, 1.82) is 0 Å². The van der Waals surface area contributed by atoms with Gasteiger partial charge in [0.1, 0.15) is 4.60 Å². The number of aliphatic hydroxyl groups is 2. The predicted molar refractivity (Wildman–Crippen MR) is 59.9 cm³/mol. The summed E-state index contributed by atoms with van der Waals surface area (Å²) in [6.45, 7) is 0.308. The summed E-state index contributed by atoms with van der Waals surface area (Å²) >= 11 is 3.19. The van der Waals surface area contributed by atoms with E-state index in [1.54, 1.807) is 18.3 Å². The van der Waals surface area contributed by atoms with Gasteiger partial charge in [-0.3, -0.25) is 4.79 Å². The molecule has 1 aliphatic heterocycles. The zero-order valence-electron chi connectivity index (χ0n) is 8.38. The molecule has 5 nitrogen and oxygen atoms in total. The van der Waals surface area contributed by atoms with Crippen LogP contribution in [0.15, 0.2) is 22.9 Å². The summed E-state index contributed by atoms with van der Waals surface area (Å²) in [5, 5.41) is 18.7. The van der Waals surface area contributed by atoms with Crippen LogP contribution in [0.5, 0.6) is 0 Å². The van der Waals surface area contributed by atoms with Gasteiger partial charge in [-0.05, 0) is 28.1 Å². The van der Waals surface area contributed by atoms with Gasteiger partial charge in [0, 0.05) is 19.3 Å². The Morgan fingerprint density at radius 1 is 1.44 bits per heavy atom. The molecule has 2 N–H and O–H groups in total. The molecule has 1 aromatic heterocycles. The van der Waals surface area contributed by atoms with Crippen molar-refractivity contribution in [2.45, 2.75) is 12.2 Å². The first-order valence-electron chi connectivity index (χ1n) is 4.85. The third kappa shape index (κ3) is 2.09. The summed E-state index contributed by atoms with van der Waals surface area (Å²) in [4.78, 5) is 17.4. The second-order valence-corrected chi connectivity index (χ2v) is 4.44. The van der Waals surface area contributed by atoms with Crippen LogP contribution in [-0.2, 0) is 0 Å². The van der Waals surface area contributed by atoms with Gasteiger partial charge in [0.25, 0.3) is 5.91 Å². The van der Waals surface area contributed by atoms with Crippen molar-refractivity contribution in [3.8, 4) is 0 Å². The van der Waals surface area contributed by atoms with Gasteiger partial charge in [-0.1, -0.05) is 0 Å². The summed E-state index contributed by atoms with van der Waals surface area (Å²) in [7, 11) is 0. The molecule has 2 atom stereocenters. The molecule has 86 valence electrons. The Kier molecular flexibility index (Phi) is 3.22. The monoisotopic (exact) mass is 286 g/mol. The maximum atomic E-state index is 12.0. The molecule has 2 rings (SSSR count). The summed E-state index contributed by atoms with van der Waals surface area (Å²) in [5.74, 6) is -0.240. The Morgan fingerprint density at radius 3 is 2.62 bits per heavy atom. The van der Waals surface area contributed by atoms with E-state index in [0.29, 0.717) is 10.2 Å². The summed E-state index contributed by atoms with van der Waals surface area (Å²) in [6.07, 6.45) is -0.145. The number of carbonyl (C=O) groups excluding carboxylic acids is 1. The standard InChI is InChI=1S/C10H11BrN2O3/c11-9-6(2-1-3-12-9)10(16)13-4-7(14)8(15)5-13/h1-3,7-8,14-15H,4-5H2. The van der Waals surface area contributed by atoms with Crippen LogP contribution in [0.4, 0.5) is 0 Å². The minimum absolute atomic E-state index is 0.154. The predicted octanol–water partition coefficient (Wildman–Crippen LogP) is 0.0217. The van der Waals surface area contributed by atoms with Crippen molar-refractivity contribution >= 4 is 21.8 Å². The van der Waals surface area contributed by atoms with E-state index < -0.39 is 12.2 Å². The molecule has 0 spiro atoms. The molecule has 6 heteroatoms. The number of halogens is 1. The number of nitrogens with zero attached hydrogens (tertiary/aromatic N) is 2. The van der Waals surface area contributed by atoms with E-state index >= 15 is 0 Å². The summed E-state index contributed by atoms with van der Waals surface area (Å²) in [6, 6.07) is 3.32. The molecular formula is C10H11BrN2O3. The highest BCUT2D eigenvalue weighted by Gasteiger charge is 2.33. The number of hydrogen-bond acceptors (Lipinski definition) is 4. The Balaban J connectivity index is 2.18. The fourth-order valence-electron chi connectivity index (χ4n) is 1.65. The highest BCUT2D eigenvalue weighted by atomic mass is 79.9. The largest absolute Gasteiger partial charge is 0.388 e. The van der Waals surface area contributed by atoms with E-state index in [-0.39, 0.29) is 19.0 Å². The maximum absolute atomic E-state index is 12.0. The Labute approximate surface area is 101 Å². The molecule has 0 aliphatic carbocycles. The van der Waals surface area contributed by atoms with Gasteiger partial charge in [0.05, 0.1) is 17.8 Å². The minimum atomic E-state index is -0.862. The molecule has 1 saturated heterocycles. The quantitative estimate of drug-likeness (QED) is 0.714. The second kappa shape index (κ2) is 4.48. The van der Waals surface area contributed by atoms with Crippen molar-refractivity contribution in [3.63, 3.8) is 0 Å². The number of rotatable bonds is 1. The molecule has 0 aromatic carbocycles. The van der Waals surface area contributed by atoms with Crippen LogP contribution >= 0.6 is 15.9 Å². The van der Waals surface area contributed by atoms with E-state index in [4.69, 9.17) is 0 Å². The van der Waals surface area contributed by atoms with Crippen molar-refractivity contribution in [2.24, 2.45) is 0 Å². The minimum Gasteiger partial charge on any atom is -0.388 e. The molecule has 0 radical (unpaired) electrons. The van der Waals surface area contributed by atoms with Crippen LogP contribution in [0.2, 0.25) is 0 Å². The van der Waals surface area contributed by atoms with Crippen LogP contribution < -0.4 is 0 Å².